The molecule has 0 atom stereocenters. The van der Waals surface area contributed by atoms with Crippen LogP contribution in [0.2, 0.25) is 0 Å². The maximum Gasteiger partial charge on any atom is 0.132 e. The first kappa shape index (κ1) is 16.4. The van der Waals surface area contributed by atoms with E-state index in [1.165, 1.54) is 33.4 Å². The van der Waals surface area contributed by atoms with Crippen molar-refractivity contribution in [2.45, 2.75) is 19.3 Å². The second-order valence-electron chi connectivity index (χ2n) is 8.07. The molecule has 2 nitrogen and oxygen atoms in total. The monoisotopic (exact) mass is 375 g/mol. The van der Waals surface area contributed by atoms with E-state index < -0.39 is 5.41 Å². The zero-order valence-electron chi connectivity index (χ0n) is 16.5. The predicted molar refractivity (Wildman–Crippen MR) is 118 cm³/mol. The second kappa shape index (κ2) is 5.74. The molecule has 2 heterocycles. The molecule has 0 amide bonds. The topological polar surface area (TPSA) is 21.3 Å². The Morgan fingerprint density at radius 1 is 0.586 bits per heavy atom. The number of benzene rings is 4. The van der Waals surface area contributed by atoms with Gasteiger partial charge < -0.3 is 10.1 Å². The van der Waals surface area contributed by atoms with Crippen LogP contribution in [0.25, 0.3) is 0 Å². The summed E-state index contributed by atoms with van der Waals surface area (Å²) in [6, 6.07) is 30.3. The molecule has 0 saturated carbocycles. The van der Waals surface area contributed by atoms with E-state index in [2.05, 4.69) is 104 Å². The van der Waals surface area contributed by atoms with Gasteiger partial charge in [0.05, 0.1) is 5.41 Å². The summed E-state index contributed by atoms with van der Waals surface area (Å²) in [5.74, 6) is 1.85. The van der Waals surface area contributed by atoms with Crippen LogP contribution in [0, 0.1) is 13.8 Å². The molecule has 140 valence electrons. The molecule has 6 rings (SSSR count). The smallest absolute Gasteiger partial charge is 0.132 e. The normalized spacial score (nSPS) is 14.7. The molecule has 0 aromatic heterocycles. The Morgan fingerprint density at radius 3 is 1.59 bits per heavy atom. The van der Waals surface area contributed by atoms with Crippen molar-refractivity contribution in [3.8, 4) is 11.5 Å². The minimum atomic E-state index is -0.417. The average molecular weight is 375 g/mol. The average Bonchev–Trinajstić information content (AvgIpc) is 2.74. The van der Waals surface area contributed by atoms with Gasteiger partial charge in [0.2, 0.25) is 0 Å². The molecule has 4 aromatic carbocycles. The third-order valence-electron chi connectivity index (χ3n) is 6.23. The van der Waals surface area contributed by atoms with E-state index in [0.29, 0.717) is 0 Å². The molecular formula is C27H21NO. The summed E-state index contributed by atoms with van der Waals surface area (Å²) in [5, 5.41) is 3.69. The number of anilines is 2. The Bertz CT molecular complexity index is 1190. The van der Waals surface area contributed by atoms with E-state index in [1.54, 1.807) is 0 Å². The van der Waals surface area contributed by atoms with Gasteiger partial charge in [0.15, 0.2) is 0 Å². The van der Waals surface area contributed by atoms with Gasteiger partial charge in [-0.15, -0.1) is 0 Å². The van der Waals surface area contributed by atoms with Gasteiger partial charge in [0, 0.05) is 22.5 Å². The molecule has 0 bridgehead atoms. The first-order valence-corrected chi connectivity index (χ1v) is 10.0. The summed E-state index contributed by atoms with van der Waals surface area (Å²) in [6.45, 7) is 4.33. The van der Waals surface area contributed by atoms with Gasteiger partial charge >= 0.3 is 0 Å². The Morgan fingerprint density at radius 2 is 1.07 bits per heavy atom. The van der Waals surface area contributed by atoms with Crippen molar-refractivity contribution in [3.05, 3.63) is 118 Å². The van der Waals surface area contributed by atoms with Crippen LogP contribution in [0.5, 0.6) is 11.5 Å². The summed E-state index contributed by atoms with van der Waals surface area (Å²) in [4.78, 5) is 0. The predicted octanol–water partition coefficient (Wildman–Crippen LogP) is 6.85. The molecule has 29 heavy (non-hydrogen) atoms. The van der Waals surface area contributed by atoms with Crippen LogP contribution in [0.3, 0.4) is 0 Å². The van der Waals surface area contributed by atoms with Crippen molar-refractivity contribution in [1.82, 2.24) is 0 Å². The fraction of sp³-hybridized carbons (Fsp3) is 0.111. The number of nitrogens with one attached hydrogen (secondary N) is 1. The van der Waals surface area contributed by atoms with Crippen molar-refractivity contribution in [2.75, 3.05) is 5.32 Å². The third-order valence-corrected chi connectivity index (χ3v) is 6.23. The molecule has 2 aliphatic heterocycles. The zero-order chi connectivity index (χ0) is 19.6. The van der Waals surface area contributed by atoms with Crippen molar-refractivity contribution < 1.29 is 4.74 Å². The quantitative estimate of drug-likeness (QED) is 0.313. The minimum Gasteiger partial charge on any atom is -0.457 e. The molecule has 0 fully saturated rings. The lowest BCUT2D eigenvalue weighted by atomic mass is 9.61. The second-order valence-corrected chi connectivity index (χ2v) is 8.07. The number of para-hydroxylation sites is 2. The number of ether oxygens (including phenoxy) is 1. The van der Waals surface area contributed by atoms with E-state index >= 15 is 0 Å². The Hall–Kier alpha value is -3.52. The van der Waals surface area contributed by atoms with Crippen LogP contribution in [0.4, 0.5) is 11.4 Å². The lowest BCUT2D eigenvalue weighted by molar-refractivity contribution is 0.434. The van der Waals surface area contributed by atoms with Crippen molar-refractivity contribution >= 4 is 11.4 Å². The summed E-state index contributed by atoms with van der Waals surface area (Å²) < 4.78 is 6.38. The van der Waals surface area contributed by atoms with Crippen LogP contribution >= 0.6 is 0 Å². The zero-order valence-corrected chi connectivity index (χ0v) is 16.5. The van der Waals surface area contributed by atoms with Crippen molar-refractivity contribution in [1.29, 1.82) is 0 Å². The van der Waals surface area contributed by atoms with Gasteiger partial charge in [-0.3, -0.25) is 0 Å². The summed E-state index contributed by atoms with van der Waals surface area (Å²) in [5.41, 5.74) is 9.33. The van der Waals surface area contributed by atoms with Crippen molar-refractivity contribution in [3.63, 3.8) is 0 Å². The highest BCUT2D eigenvalue weighted by Gasteiger charge is 2.49. The molecule has 2 aliphatic rings. The fourth-order valence-electron chi connectivity index (χ4n) is 5.02. The molecule has 4 aromatic rings. The molecule has 0 saturated heterocycles. The highest BCUT2D eigenvalue weighted by atomic mass is 16.5. The van der Waals surface area contributed by atoms with E-state index in [-0.39, 0.29) is 0 Å². The molecule has 0 radical (unpaired) electrons. The standard InChI is InChI=1S/C27H21NO/c1-17-11-13-23-21(15-17)27(22-16-18(2)12-14-24(22)28-23)19-7-3-5-9-25(19)29-26-10-6-4-8-20(26)27/h3-16,28H,1-2H3. The van der Waals surface area contributed by atoms with E-state index in [1.807, 2.05) is 0 Å². The first-order valence-electron chi connectivity index (χ1n) is 10.0. The summed E-state index contributed by atoms with van der Waals surface area (Å²) in [6.07, 6.45) is 0. The molecule has 1 N–H and O–H groups in total. The van der Waals surface area contributed by atoms with Gasteiger partial charge in [0.25, 0.3) is 0 Å². The molecule has 2 heteroatoms. The largest absolute Gasteiger partial charge is 0.457 e. The number of hydrogen-bond acceptors (Lipinski definition) is 2. The highest BCUT2D eigenvalue weighted by Crippen LogP contribution is 2.60. The van der Waals surface area contributed by atoms with Gasteiger partial charge in [0.1, 0.15) is 11.5 Å². The number of rotatable bonds is 0. The number of fused-ring (bicyclic) bond motifs is 8. The van der Waals surface area contributed by atoms with Crippen molar-refractivity contribution in [2.24, 2.45) is 0 Å². The lowest BCUT2D eigenvalue weighted by Crippen LogP contribution is -2.37. The molecule has 1 spiro atoms. The van der Waals surface area contributed by atoms with Gasteiger partial charge in [-0.05, 0) is 49.2 Å². The van der Waals surface area contributed by atoms with Crippen LogP contribution in [0.15, 0.2) is 84.9 Å². The number of hydrogen-bond donors (Lipinski definition) is 1. The number of aryl methyl sites for hydroxylation is 2. The summed E-state index contributed by atoms with van der Waals surface area (Å²) >= 11 is 0. The van der Waals surface area contributed by atoms with Crippen LogP contribution in [-0.4, -0.2) is 0 Å². The highest BCUT2D eigenvalue weighted by molar-refractivity contribution is 5.84. The Labute approximate surface area is 170 Å². The third kappa shape index (κ3) is 2.11. The minimum absolute atomic E-state index is 0.417. The summed E-state index contributed by atoms with van der Waals surface area (Å²) in [7, 11) is 0. The van der Waals surface area contributed by atoms with E-state index in [4.69, 9.17) is 4.74 Å². The van der Waals surface area contributed by atoms with Crippen LogP contribution in [-0.2, 0) is 5.41 Å². The molecular weight excluding hydrogens is 354 g/mol. The van der Waals surface area contributed by atoms with Crippen LogP contribution < -0.4 is 10.1 Å². The van der Waals surface area contributed by atoms with E-state index in [9.17, 15) is 0 Å². The van der Waals surface area contributed by atoms with Crippen LogP contribution in [0.1, 0.15) is 33.4 Å². The Balaban J connectivity index is 1.86. The molecule has 0 aliphatic carbocycles. The van der Waals surface area contributed by atoms with Gasteiger partial charge in [-0.1, -0.05) is 71.8 Å². The maximum atomic E-state index is 6.38. The van der Waals surface area contributed by atoms with Gasteiger partial charge in [-0.2, -0.15) is 0 Å². The fourth-order valence-corrected chi connectivity index (χ4v) is 5.02. The lowest BCUT2D eigenvalue weighted by Gasteiger charge is -2.45. The SMILES string of the molecule is Cc1ccc2c(c1)C1(c3cc(C)ccc3N2)c2ccccc2Oc2ccccc21. The maximum absolute atomic E-state index is 6.38. The Kier molecular flexibility index (Phi) is 3.25. The van der Waals surface area contributed by atoms with E-state index in [0.717, 1.165) is 22.9 Å². The molecule has 0 unspecified atom stereocenters. The first-order chi connectivity index (χ1) is 14.2. The van der Waals surface area contributed by atoms with Gasteiger partial charge in [-0.25, -0.2) is 0 Å².